The molecule has 0 N–H and O–H groups in total. The average Bonchev–Trinajstić information content (AvgIpc) is 3.11. The fraction of sp³-hybridized carbons (Fsp3) is 0.391. The molecule has 0 saturated carbocycles. The largest absolute Gasteiger partial charge is 0.304 e. The van der Waals surface area contributed by atoms with Crippen LogP contribution in [0, 0.1) is 13.8 Å². The third kappa shape index (κ3) is 3.10. The van der Waals surface area contributed by atoms with Gasteiger partial charge >= 0.3 is 0 Å². The van der Waals surface area contributed by atoms with Gasteiger partial charge in [0.2, 0.25) is 0 Å². The molecule has 2 atom stereocenters. The summed E-state index contributed by atoms with van der Waals surface area (Å²) in [4.78, 5) is 20.0. The molecule has 0 radical (unpaired) electrons. The van der Waals surface area contributed by atoms with E-state index in [2.05, 4.69) is 29.0 Å². The number of hydrogen-bond acceptors (Lipinski definition) is 5. The molecule has 1 aromatic carbocycles. The van der Waals surface area contributed by atoms with Crippen LogP contribution >= 0.6 is 0 Å². The Morgan fingerprint density at radius 1 is 1.17 bits per heavy atom. The number of hydrogen-bond donors (Lipinski definition) is 0. The minimum absolute atomic E-state index is 0.00868. The van der Waals surface area contributed by atoms with Crippen LogP contribution in [-0.2, 0) is 0 Å². The molecule has 0 aliphatic carbocycles. The molecule has 2 unspecified atom stereocenters. The van der Waals surface area contributed by atoms with Crippen molar-refractivity contribution in [1.29, 1.82) is 0 Å². The second-order valence-corrected chi connectivity index (χ2v) is 8.57. The van der Waals surface area contributed by atoms with Crippen molar-refractivity contribution in [1.82, 2.24) is 29.3 Å². The Hall–Kier alpha value is -3.06. The number of nitrogens with zero attached hydrogens (tertiary/aromatic N) is 6. The molecule has 1 aliphatic heterocycles. The quantitative estimate of drug-likeness (QED) is 0.514. The van der Waals surface area contributed by atoms with Crippen LogP contribution < -0.4 is 5.56 Å². The van der Waals surface area contributed by atoms with Gasteiger partial charge in [-0.2, -0.15) is 10.2 Å². The number of rotatable bonds is 2. The topological polar surface area (TPSA) is 68.3 Å². The second-order valence-electron chi connectivity index (χ2n) is 8.57. The lowest BCUT2D eigenvalue weighted by atomic mass is 9.99. The Labute approximate surface area is 175 Å². The fourth-order valence-electron chi connectivity index (χ4n) is 4.46. The van der Waals surface area contributed by atoms with Gasteiger partial charge in [-0.25, -0.2) is 14.2 Å². The summed E-state index contributed by atoms with van der Waals surface area (Å²) in [5.41, 5.74) is 4.69. The van der Waals surface area contributed by atoms with Crippen LogP contribution in [-0.4, -0.2) is 48.9 Å². The summed E-state index contributed by atoms with van der Waals surface area (Å²) in [5, 5.41) is 10.8. The Balaban J connectivity index is 1.55. The van der Waals surface area contributed by atoms with Gasteiger partial charge < -0.3 is 4.90 Å². The first-order valence-corrected chi connectivity index (χ1v) is 10.5. The lowest BCUT2D eigenvalue weighted by Crippen LogP contribution is -2.41. The maximum absolute atomic E-state index is 13.2. The first kappa shape index (κ1) is 18.9. The summed E-state index contributed by atoms with van der Waals surface area (Å²) in [5.74, 6) is 0. The first-order chi connectivity index (χ1) is 14.4. The summed E-state index contributed by atoms with van der Waals surface area (Å²) in [6.07, 6.45) is 5.64. The van der Waals surface area contributed by atoms with Crippen LogP contribution in [0.5, 0.6) is 0 Å². The van der Waals surface area contributed by atoms with Gasteiger partial charge in [0.25, 0.3) is 5.56 Å². The molecule has 0 spiro atoms. The van der Waals surface area contributed by atoms with Gasteiger partial charge in [0.15, 0.2) is 5.65 Å². The zero-order valence-electron chi connectivity index (χ0n) is 17.8. The molecule has 7 nitrogen and oxygen atoms in total. The van der Waals surface area contributed by atoms with Crippen LogP contribution in [0.2, 0.25) is 0 Å². The number of benzene rings is 1. The number of likely N-dealkylation sites (tertiary alicyclic amines) is 1. The highest BCUT2D eigenvalue weighted by Crippen LogP contribution is 2.26. The van der Waals surface area contributed by atoms with Crippen molar-refractivity contribution >= 4 is 16.4 Å². The van der Waals surface area contributed by atoms with E-state index in [9.17, 15) is 4.79 Å². The SMILES string of the molecule is Cc1cn2nc(-c3ccc4c(=O)n(C5CCN(C)C(C)C5)ncc4c3)cc(C)c2n1. The van der Waals surface area contributed by atoms with Crippen LogP contribution in [0.1, 0.15) is 37.1 Å². The normalized spacial score (nSPS) is 20.3. The highest BCUT2D eigenvalue weighted by molar-refractivity contribution is 5.85. The monoisotopic (exact) mass is 402 g/mol. The average molecular weight is 403 g/mol. The van der Waals surface area contributed by atoms with Crippen molar-refractivity contribution in [3.05, 3.63) is 58.3 Å². The van der Waals surface area contributed by atoms with Crippen molar-refractivity contribution in [3.8, 4) is 11.3 Å². The first-order valence-electron chi connectivity index (χ1n) is 10.5. The van der Waals surface area contributed by atoms with Crippen LogP contribution in [0.4, 0.5) is 0 Å². The van der Waals surface area contributed by atoms with Crippen LogP contribution in [0.3, 0.4) is 0 Å². The van der Waals surface area contributed by atoms with Gasteiger partial charge in [0, 0.05) is 23.5 Å². The van der Waals surface area contributed by atoms with Crippen LogP contribution in [0.25, 0.3) is 27.7 Å². The summed E-state index contributed by atoms with van der Waals surface area (Å²) < 4.78 is 3.51. The van der Waals surface area contributed by atoms with E-state index in [0.29, 0.717) is 11.4 Å². The summed E-state index contributed by atoms with van der Waals surface area (Å²) in [6, 6.07) is 8.53. The molecule has 5 rings (SSSR count). The molecular formula is C23H26N6O. The van der Waals surface area contributed by atoms with Crippen molar-refractivity contribution < 1.29 is 0 Å². The second kappa shape index (κ2) is 7.02. The zero-order chi connectivity index (χ0) is 21.0. The highest BCUT2D eigenvalue weighted by Gasteiger charge is 2.25. The van der Waals surface area contributed by atoms with E-state index in [1.807, 2.05) is 55.0 Å². The number of piperidine rings is 1. The Bertz CT molecular complexity index is 1320. The molecule has 4 aromatic rings. The van der Waals surface area contributed by atoms with Gasteiger partial charge in [-0.1, -0.05) is 6.07 Å². The summed E-state index contributed by atoms with van der Waals surface area (Å²) >= 11 is 0. The number of imidazole rings is 1. The fourth-order valence-corrected chi connectivity index (χ4v) is 4.46. The van der Waals surface area contributed by atoms with E-state index in [1.165, 1.54) is 0 Å². The third-order valence-corrected chi connectivity index (χ3v) is 6.36. The zero-order valence-corrected chi connectivity index (χ0v) is 17.8. The van der Waals surface area contributed by atoms with Gasteiger partial charge in [0.1, 0.15) is 0 Å². The van der Waals surface area contributed by atoms with Crippen molar-refractivity contribution in [3.63, 3.8) is 0 Å². The Kier molecular flexibility index (Phi) is 4.43. The predicted molar refractivity (Wildman–Crippen MR) is 118 cm³/mol. The van der Waals surface area contributed by atoms with E-state index < -0.39 is 0 Å². The van der Waals surface area contributed by atoms with E-state index >= 15 is 0 Å². The van der Waals surface area contributed by atoms with Gasteiger partial charge in [0.05, 0.1) is 35.2 Å². The maximum Gasteiger partial charge on any atom is 0.274 e. The van der Waals surface area contributed by atoms with E-state index in [-0.39, 0.29) is 11.6 Å². The summed E-state index contributed by atoms with van der Waals surface area (Å²) in [7, 11) is 2.14. The molecule has 4 heterocycles. The van der Waals surface area contributed by atoms with Crippen molar-refractivity contribution in [2.24, 2.45) is 0 Å². The van der Waals surface area contributed by atoms with E-state index in [1.54, 1.807) is 4.68 Å². The standard InChI is InChI=1S/C23H26N6O/c1-14-9-21(26-28-13-15(2)25-22(14)28)17-5-6-20-18(11-17)12-24-29(23(20)30)19-7-8-27(4)16(3)10-19/h5-6,9,11-13,16,19H,7-8,10H2,1-4H3. The molecule has 0 amide bonds. The molecule has 0 bridgehead atoms. The van der Waals surface area contributed by atoms with Crippen LogP contribution in [0.15, 0.2) is 41.5 Å². The molecule has 1 fully saturated rings. The van der Waals surface area contributed by atoms with E-state index in [0.717, 1.165) is 52.9 Å². The van der Waals surface area contributed by atoms with Gasteiger partial charge in [-0.05, 0) is 64.4 Å². The lowest BCUT2D eigenvalue weighted by Gasteiger charge is -2.35. The Morgan fingerprint density at radius 3 is 2.80 bits per heavy atom. The molecular weight excluding hydrogens is 376 g/mol. The number of aryl methyl sites for hydroxylation is 2. The Morgan fingerprint density at radius 2 is 2.00 bits per heavy atom. The van der Waals surface area contributed by atoms with Crippen molar-refractivity contribution in [2.75, 3.05) is 13.6 Å². The maximum atomic E-state index is 13.2. The third-order valence-electron chi connectivity index (χ3n) is 6.36. The van der Waals surface area contributed by atoms with Crippen molar-refractivity contribution in [2.45, 2.75) is 45.7 Å². The van der Waals surface area contributed by atoms with Gasteiger partial charge in [-0.3, -0.25) is 4.79 Å². The predicted octanol–water partition coefficient (Wildman–Crippen LogP) is 3.38. The molecule has 1 aliphatic rings. The smallest absolute Gasteiger partial charge is 0.274 e. The minimum atomic E-state index is -0.00868. The molecule has 154 valence electrons. The minimum Gasteiger partial charge on any atom is -0.304 e. The van der Waals surface area contributed by atoms with Gasteiger partial charge in [-0.15, -0.1) is 0 Å². The molecule has 7 heteroatoms. The number of fused-ring (bicyclic) bond motifs is 2. The lowest BCUT2D eigenvalue weighted by molar-refractivity contribution is 0.148. The number of aromatic nitrogens is 5. The molecule has 1 saturated heterocycles. The summed E-state index contributed by atoms with van der Waals surface area (Å²) in [6.45, 7) is 7.19. The highest BCUT2D eigenvalue weighted by atomic mass is 16.1. The van der Waals surface area contributed by atoms with E-state index in [4.69, 9.17) is 5.10 Å². The molecule has 30 heavy (non-hydrogen) atoms. The molecule has 3 aromatic heterocycles.